The fraction of sp³-hybridized carbons (Fsp3) is 0.652. The van der Waals surface area contributed by atoms with Crippen molar-refractivity contribution in [3.8, 4) is 0 Å². The zero-order chi connectivity index (χ0) is 18.2. The summed E-state index contributed by atoms with van der Waals surface area (Å²) in [5, 5.41) is 10.5. The van der Waals surface area contributed by atoms with Crippen molar-refractivity contribution in [2.75, 3.05) is 7.11 Å². The highest BCUT2D eigenvalue weighted by Gasteiger charge is 2.49. The summed E-state index contributed by atoms with van der Waals surface area (Å²) in [6, 6.07) is 0. The summed E-state index contributed by atoms with van der Waals surface area (Å²) in [6.45, 7) is 11.0. The second kappa shape index (κ2) is 7.25. The zero-order valence-electron chi connectivity index (χ0n) is 16.3. The van der Waals surface area contributed by atoms with Crippen LogP contribution in [0.5, 0.6) is 0 Å². The maximum Gasteiger partial charge on any atom is 0.0761 e. The molecule has 3 fully saturated rings. The van der Waals surface area contributed by atoms with Crippen molar-refractivity contribution in [2.45, 2.75) is 71.5 Å². The molecular formula is C23H34O2. The number of hydrogen-bond donors (Lipinski definition) is 1. The second-order valence-corrected chi connectivity index (χ2v) is 8.48. The van der Waals surface area contributed by atoms with Gasteiger partial charge in [-0.1, -0.05) is 44.2 Å². The molecule has 3 saturated carbocycles. The molecular weight excluding hydrogens is 308 g/mol. The number of ether oxygens (including phenoxy) is 1. The number of aliphatic hydroxyl groups excluding tert-OH is 1. The molecule has 0 saturated heterocycles. The first-order chi connectivity index (χ1) is 11.9. The highest BCUT2D eigenvalue weighted by molar-refractivity contribution is 5.39. The van der Waals surface area contributed by atoms with Gasteiger partial charge in [0.2, 0.25) is 0 Å². The summed E-state index contributed by atoms with van der Waals surface area (Å²) in [7, 11) is 1.81. The number of methoxy groups -OCH3 is 1. The Hall–Kier alpha value is -1.12. The third-order valence-electron chi connectivity index (χ3n) is 7.07. The number of hydrogen-bond acceptors (Lipinski definition) is 2. The summed E-state index contributed by atoms with van der Waals surface area (Å²) >= 11 is 0. The van der Waals surface area contributed by atoms with Crippen molar-refractivity contribution in [2.24, 2.45) is 17.3 Å². The van der Waals surface area contributed by atoms with Crippen LogP contribution in [0.3, 0.4) is 0 Å². The number of fused-ring (bicyclic) bond motifs is 1. The van der Waals surface area contributed by atoms with E-state index in [9.17, 15) is 5.11 Å². The summed E-state index contributed by atoms with van der Waals surface area (Å²) in [5.74, 6) is 0.967. The molecule has 0 heterocycles. The third kappa shape index (κ3) is 3.31. The maximum absolute atomic E-state index is 10.5. The van der Waals surface area contributed by atoms with Gasteiger partial charge in [-0.25, -0.2) is 0 Å². The van der Waals surface area contributed by atoms with Gasteiger partial charge in [0.25, 0.3) is 0 Å². The monoisotopic (exact) mass is 342 g/mol. The molecule has 0 aromatic heterocycles. The molecule has 3 aliphatic rings. The highest BCUT2D eigenvalue weighted by atomic mass is 16.5. The first kappa shape index (κ1) is 18.7. The minimum absolute atomic E-state index is 0.142. The highest BCUT2D eigenvalue weighted by Crippen LogP contribution is 2.57. The molecule has 5 unspecified atom stereocenters. The lowest BCUT2D eigenvalue weighted by atomic mass is 9.65. The quantitative estimate of drug-likeness (QED) is 0.685. The van der Waals surface area contributed by atoms with E-state index in [4.69, 9.17) is 4.74 Å². The standard InChI is InChI=1S/C23H34O2/c1-6-20-22(24)14-21-17(8-7-11-23(20,21)4)9-10-18-13-19(25-5)12-15(2)16(18)3/h6,9-10,15,19,21-22,24H,3,7-8,11-14H2,1-2,4-5H3/b17-9-,18-10+,20-6-. The Morgan fingerprint density at radius 3 is 2.72 bits per heavy atom. The minimum atomic E-state index is -0.267. The molecule has 2 nitrogen and oxygen atoms in total. The largest absolute Gasteiger partial charge is 0.389 e. The van der Waals surface area contributed by atoms with Crippen LogP contribution in [0.2, 0.25) is 0 Å². The van der Waals surface area contributed by atoms with Gasteiger partial charge in [0.1, 0.15) is 0 Å². The lowest BCUT2D eigenvalue weighted by Gasteiger charge is -2.39. The molecule has 25 heavy (non-hydrogen) atoms. The Balaban J connectivity index is 1.87. The predicted molar refractivity (Wildman–Crippen MR) is 104 cm³/mol. The molecule has 138 valence electrons. The molecule has 0 spiro atoms. The van der Waals surface area contributed by atoms with Crippen LogP contribution in [0.25, 0.3) is 0 Å². The number of allylic oxidation sites excluding steroid dienone is 5. The van der Waals surface area contributed by atoms with E-state index in [1.165, 1.54) is 35.1 Å². The van der Waals surface area contributed by atoms with E-state index in [0.717, 1.165) is 25.7 Å². The Bertz CT molecular complexity index is 624. The Labute approximate surface area is 153 Å². The number of rotatable bonds is 2. The molecule has 0 aromatic rings. The SMILES string of the molecule is C=C1/C(=C/C=C2/CCCC3(C)/C(=C\C)C(O)CC23)CC(OC)CC1C. The molecule has 0 amide bonds. The lowest BCUT2D eigenvalue weighted by molar-refractivity contribution is 0.0796. The average Bonchev–Trinajstić information content (AvgIpc) is 2.85. The van der Waals surface area contributed by atoms with E-state index in [1.54, 1.807) is 0 Å². The molecule has 0 bridgehead atoms. The summed E-state index contributed by atoms with van der Waals surface area (Å²) in [5.41, 5.74) is 5.52. The third-order valence-corrected chi connectivity index (χ3v) is 7.07. The van der Waals surface area contributed by atoms with E-state index in [1.807, 2.05) is 7.11 Å². The lowest BCUT2D eigenvalue weighted by Crippen LogP contribution is -2.29. The van der Waals surface area contributed by atoms with Gasteiger partial charge in [0.05, 0.1) is 12.2 Å². The van der Waals surface area contributed by atoms with E-state index in [-0.39, 0.29) is 11.5 Å². The topological polar surface area (TPSA) is 29.5 Å². The molecule has 0 radical (unpaired) electrons. The van der Waals surface area contributed by atoms with Gasteiger partial charge in [-0.15, -0.1) is 0 Å². The molecule has 1 N–H and O–H groups in total. The van der Waals surface area contributed by atoms with Gasteiger partial charge >= 0.3 is 0 Å². The Kier molecular flexibility index (Phi) is 5.41. The van der Waals surface area contributed by atoms with Crippen LogP contribution < -0.4 is 0 Å². The summed E-state index contributed by atoms with van der Waals surface area (Å²) < 4.78 is 5.62. The van der Waals surface area contributed by atoms with Crippen molar-refractivity contribution < 1.29 is 9.84 Å². The van der Waals surface area contributed by atoms with E-state index in [2.05, 4.69) is 45.6 Å². The molecule has 3 rings (SSSR count). The van der Waals surface area contributed by atoms with Crippen LogP contribution in [0, 0.1) is 17.3 Å². The normalized spacial score (nSPS) is 43.9. The Morgan fingerprint density at radius 2 is 2.04 bits per heavy atom. The van der Waals surface area contributed by atoms with Crippen LogP contribution in [-0.2, 0) is 4.74 Å². The van der Waals surface area contributed by atoms with Crippen molar-refractivity contribution in [1.29, 1.82) is 0 Å². The zero-order valence-corrected chi connectivity index (χ0v) is 16.3. The fourth-order valence-electron chi connectivity index (χ4n) is 5.50. The van der Waals surface area contributed by atoms with Gasteiger partial charge in [0, 0.05) is 7.11 Å². The molecule has 5 atom stereocenters. The summed E-state index contributed by atoms with van der Waals surface area (Å²) in [6.07, 6.45) is 13.3. The van der Waals surface area contributed by atoms with Crippen LogP contribution in [0.15, 0.2) is 47.1 Å². The van der Waals surface area contributed by atoms with Gasteiger partial charge in [0.15, 0.2) is 0 Å². The average molecular weight is 343 g/mol. The predicted octanol–water partition coefficient (Wildman–Crippen LogP) is 5.36. The van der Waals surface area contributed by atoms with Crippen molar-refractivity contribution in [3.05, 3.63) is 47.1 Å². The van der Waals surface area contributed by atoms with Crippen LogP contribution in [-0.4, -0.2) is 24.4 Å². The molecule has 3 aliphatic carbocycles. The first-order valence-corrected chi connectivity index (χ1v) is 9.87. The van der Waals surface area contributed by atoms with Crippen molar-refractivity contribution in [1.82, 2.24) is 0 Å². The van der Waals surface area contributed by atoms with Gasteiger partial charge in [-0.3, -0.25) is 0 Å². The van der Waals surface area contributed by atoms with Gasteiger partial charge < -0.3 is 9.84 Å². The fourth-order valence-corrected chi connectivity index (χ4v) is 5.50. The van der Waals surface area contributed by atoms with E-state index >= 15 is 0 Å². The Morgan fingerprint density at radius 1 is 1.28 bits per heavy atom. The van der Waals surface area contributed by atoms with Crippen LogP contribution in [0.4, 0.5) is 0 Å². The van der Waals surface area contributed by atoms with Crippen molar-refractivity contribution >= 4 is 0 Å². The molecule has 2 heteroatoms. The maximum atomic E-state index is 10.5. The van der Waals surface area contributed by atoms with Crippen molar-refractivity contribution in [3.63, 3.8) is 0 Å². The number of aliphatic hydroxyl groups is 1. The van der Waals surface area contributed by atoms with Gasteiger partial charge in [-0.05, 0) is 79.4 Å². The minimum Gasteiger partial charge on any atom is -0.389 e. The second-order valence-electron chi connectivity index (χ2n) is 8.48. The molecule has 0 aliphatic heterocycles. The van der Waals surface area contributed by atoms with Crippen LogP contribution in [0.1, 0.15) is 59.3 Å². The summed E-state index contributed by atoms with van der Waals surface area (Å²) in [4.78, 5) is 0. The smallest absolute Gasteiger partial charge is 0.0761 e. The van der Waals surface area contributed by atoms with Crippen LogP contribution >= 0.6 is 0 Å². The van der Waals surface area contributed by atoms with E-state index < -0.39 is 0 Å². The first-order valence-electron chi connectivity index (χ1n) is 9.87. The van der Waals surface area contributed by atoms with Gasteiger partial charge in [-0.2, -0.15) is 0 Å². The van der Waals surface area contributed by atoms with E-state index in [0.29, 0.717) is 17.9 Å². The molecule has 0 aromatic carbocycles.